The van der Waals surface area contributed by atoms with Gasteiger partial charge in [0.05, 0.1) is 0 Å². The number of Topliss-reactive ketones (excluding diaryl/α,β-unsaturated/α-hetero) is 1. The number of hydrogen-bond acceptors (Lipinski definition) is 5. The molecule has 6 heteroatoms. The lowest BCUT2D eigenvalue weighted by atomic mass is 9.96. The SMILES string of the molecule is CC(C)(O)C(=O)c1ccc(COC(=O)NCCCCCCCCCCCCCCCCCCN)cc1. The third kappa shape index (κ3) is 16.7. The van der Waals surface area contributed by atoms with Crippen molar-refractivity contribution in [2.24, 2.45) is 5.73 Å². The first kappa shape index (κ1) is 32.1. The van der Waals surface area contributed by atoms with Crippen LogP contribution in [-0.4, -0.2) is 35.7 Å². The average Bonchev–Trinajstić information content (AvgIpc) is 2.86. The standard InChI is InChI=1S/C30H52N2O4/c1-30(2,35)28(33)27-21-19-26(20-22-27)25-36-29(34)32-24-18-16-14-12-10-8-6-4-3-5-7-9-11-13-15-17-23-31/h19-22,35H,3-18,23-25,31H2,1-2H3,(H,32,34). The molecule has 0 bridgehead atoms. The molecule has 0 aliphatic rings. The maximum atomic E-state index is 12.0. The molecule has 0 spiro atoms. The molecule has 0 aliphatic carbocycles. The van der Waals surface area contributed by atoms with E-state index < -0.39 is 11.7 Å². The number of ether oxygens (including phenoxy) is 1. The summed E-state index contributed by atoms with van der Waals surface area (Å²) < 4.78 is 5.24. The Morgan fingerprint density at radius 2 is 1.17 bits per heavy atom. The Morgan fingerprint density at radius 1 is 0.750 bits per heavy atom. The second-order valence-electron chi connectivity index (χ2n) is 10.5. The van der Waals surface area contributed by atoms with E-state index in [2.05, 4.69) is 5.32 Å². The summed E-state index contributed by atoms with van der Waals surface area (Å²) in [7, 11) is 0. The van der Waals surface area contributed by atoms with Crippen LogP contribution in [0.1, 0.15) is 133 Å². The number of ketones is 1. The molecule has 0 heterocycles. The molecule has 6 nitrogen and oxygen atoms in total. The Balaban J connectivity index is 1.89. The number of unbranched alkanes of at least 4 members (excludes halogenated alkanes) is 15. The first-order valence-corrected chi connectivity index (χ1v) is 14.3. The fourth-order valence-corrected chi connectivity index (χ4v) is 4.24. The first-order valence-electron chi connectivity index (χ1n) is 14.3. The molecule has 0 saturated heterocycles. The third-order valence-corrected chi connectivity index (χ3v) is 6.54. The average molecular weight is 505 g/mol. The number of aliphatic hydroxyl groups is 1. The summed E-state index contributed by atoms with van der Waals surface area (Å²) in [6.45, 7) is 4.55. The molecule has 1 rings (SSSR count). The van der Waals surface area contributed by atoms with E-state index in [-0.39, 0.29) is 12.4 Å². The summed E-state index contributed by atoms with van der Waals surface area (Å²) in [4.78, 5) is 23.9. The van der Waals surface area contributed by atoms with Gasteiger partial charge in [0.25, 0.3) is 0 Å². The van der Waals surface area contributed by atoms with Crippen LogP contribution >= 0.6 is 0 Å². The minimum Gasteiger partial charge on any atom is -0.445 e. The summed E-state index contributed by atoms with van der Waals surface area (Å²) in [5.41, 5.74) is 5.35. The van der Waals surface area contributed by atoms with Gasteiger partial charge in [-0.3, -0.25) is 4.79 Å². The lowest BCUT2D eigenvalue weighted by molar-refractivity contribution is 0.0488. The number of carbonyl (C=O) groups excluding carboxylic acids is 2. The zero-order chi connectivity index (χ0) is 26.5. The van der Waals surface area contributed by atoms with E-state index >= 15 is 0 Å². The van der Waals surface area contributed by atoms with Gasteiger partial charge in [-0.1, -0.05) is 114 Å². The van der Waals surface area contributed by atoms with Crippen molar-refractivity contribution in [1.82, 2.24) is 5.32 Å². The maximum absolute atomic E-state index is 12.0. The molecule has 206 valence electrons. The molecule has 0 aromatic heterocycles. The molecule has 0 saturated carbocycles. The quantitative estimate of drug-likeness (QED) is 0.116. The molecule has 0 radical (unpaired) electrons. The minimum atomic E-state index is -1.40. The molecular formula is C30H52N2O4. The van der Waals surface area contributed by atoms with Crippen molar-refractivity contribution in [3.05, 3.63) is 35.4 Å². The van der Waals surface area contributed by atoms with Crippen LogP contribution in [0, 0.1) is 0 Å². The summed E-state index contributed by atoms with van der Waals surface area (Å²) >= 11 is 0. The van der Waals surface area contributed by atoms with E-state index in [1.165, 1.54) is 104 Å². The molecule has 1 amide bonds. The molecule has 36 heavy (non-hydrogen) atoms. The second-order valence-corrected chi connectivity index (χ2v) is 10.5. The van der Waals surface area contributed by atoms with Crippen molar-refractivity contribution < 1.29 is 19.4 Å². The first-order chi connectivity index (χ1) is 17.3. The highest BCUT2D eigenvalue weighted by molar-refractivity contribution is 6.01. The number of nitrogens with two attached hydrogens (primary N) is 1. The molecule has 0 aliphatic heterocycles. The molecule has 1 aromatic rings. The normalized spacial score (nSPS) is 11.4. The van der Waals surface area contributed by atoms with Gasteiger partial charge in [0.1, 0.15) is 12.2 Å². The lowest BCUT2D eigenvalue weighted by Crippen LogP contribution is -2.31. The second kappa shape index (κ2) is 20.2. The van der Waals surface area contributed by atoms with E-state index in [4.69, 9.17) is 10.5 Å². The number of nitrogens with one attached hydrogen (secondary N) is 1. The number of carbonyl (C=O) groups is 2. The van der Waals surface area contributed by atoms with Crippen LogP contribution in [0.2, 0.25) is 0 Å². The number of benzene rings is 1. The number of alkyl carbamates (subject to hydrolysis) is 1. The van der Waals surface area contributed by atoms with E-state index in [1.54, 1.807) is 24.3 Å². The predicted octanol–water partition coefficient (Wildman–Crippen LogP) is 7.07. The maximum Gasteiger partial charge on any atom is 0.407 e. The van der Waals surface area contributed by atoms with Crippen molar-refractivity contribution in [2.45, 2.75) is 129 Å². The van der Waals surface area contributed by atoms with E-state index in [0.717, 1.165) is 24.9 Å². The fourth-order valence-electron chi connectivity index (χ4n) is 4.24. The number of hydrogen-bond donors (Lipinski definition) is 3. The van der Waals surface area contributed by atoms with Crippen LogP contribution in [0.25, 0.3) is 0 Å². The molecule has 0 unspecified atom stereocenters. The van der Waals surface area contributed by atoms with Crippen LogP contribution in [-0.2, 0) is 11.3 Å². The van der Waals surface area contributed by atoms with Crippen molar-refractivity contribution in [2.75, 3.05) is 13.1 Å². The summed E-state index contributed by atoms with van der Waals surface area (Å²) in [6.07, 6.45) is 20.3. The molecule has 0 atom stereocenters. The van der Waals surface area contributed by atoms with Gasteiger partial charge < -0.3 is 20.9 Å². The summed E-state index contributed by atoms with van der Waals surface area (Å²) in [5, 5.41) is 12.6. The predicted molar refractivity (Wildman–Crippen MR) is 148 cm³/mol. The van der Waals surface area contributed by atoms with Crippen LogP contribution in [0.15, 0.2) is 24.3 Å². The monoisotopic (exact) mass is 504 g/mol. The molecular weight excluding hydrogens is 452 g/mol. The Kier molecular flexibility index (Phi) is 18.0. The van der Waals surface area contributed by atoms with Crippen molar-refractivity contribution in [1.29, 1.82) is 0 Å². The molecule has 0 fully saturated rings. The Morgan fingerprint density at radius 3 is 1.58 bits per heavy atom. The van der Waals surface area contributed by atoms with Gasteiger partial charge in [0.15, 0.2) is 5.78 Å². The zero-order valence-corrected chi connectivity index (χ0v) is 23.0. The van der Waals surface area contributed by atoms with Crippen molar-refractivity contribution in [3.63, 3.8) is 0 Å². The highest BCUT2D eigenvalue weighted by Crippen LogP contribution is 2.15. The topological polar surface area (TPSA) is 102 Å². The van der Waals surface area contributed by atoms with Gasteiger partial charge in [-0.25, -0.2) is 4.79 Å². The Hall–Kier alpha value is -1.92. The van der Waals surface area contributed by atoms with Gasteiger partial charge in [-0.2, -0.15) is 0 Å². The van der Waals surface area contributed by atoms with Gasteiger partial charge in [-0.15, -0.1) is 0 Å². The minimum absolute atomic E-state index is 0.151. The van der Waals surface area contributed by atoms with Crippen LogP contribution in [0.3, 0.4) is 0 Å². The van der Waals surface area contributed by atoms with Crippen LogP contribution < -0.4 is 11.1 Å². The third-order valence-electron chi connectivity index (χ3n) is 6.54. The Bertz CT molecular complexity index is 698. The zero-order valence-electron chi connectivity index (χ0n) is 23.0. The Labute approximate surface area is 219 Å². The van der Waals surface area contributed by atoms with E-state index in [0.29, 0.717) is 12.1 Å². The van der Waals surface area contributed by atoms with E-state index in [9.17, 15) is 14.7 Å². The molecule has 4 N–H and O–H groups in total. The summed E-state index contributed by atoms with van der Waals surface area (Å²) in [5.74, 6) is -0.334. The van der Waals surface area contributed by atoms with Gasteiger partial charge in [0, 0.05) is 12.1 Å². The van der Waals surface area contributed by atoms with Crippen molar-refractivity contribution in [3.8, 4) is 0 Å². The fraction of sp³-hybridized carbons (Fsp3) is 0.733. The van der Waals surface area contributed by atoms with E-state index in [1.807, 2.05) is 0 Å². The number of rotatable bonds is 22. The lowest BCUT2D eigenvalue weighted by Gasteiger charge is -2.15. The smallest absolute Gasteiger partial charge is 0.407 e. The van der Waals surface area contributed by atoms with Gasteiger partial charge in [-0.05, 0) is 38.8 Å². The molecule has 1 aromatic carbocycles. The number of amides is 1. The van der Waals surface area contributed by atoms with Crippen LogP contribution in [0.4, 0.5) is 4.79 Å². The van der Waals surface area contributed by atoms with Gasteiger partial charge in [0.2, 0.25) is 0 Å². The van der Waals surface area contributed by atoms with Crippen molar-refractivity contribution >= 4 is 11.9 Å². The highest BCUT2D eigenvalue weighted by atomic mass is 16.5. The summed E-state index contributed by atoms with van der Waals surface area (Å²) in [6, 6.07) is 6.76. The highest BCUT2D eigenvalue weighted by Gasteiger charge is 2.24. The van der Waals surface area contributed by atoms with Gasteiger partial charge >= 0.3 is 6.09 Å². The van der Waals surface area contributed by atoms with Crippen LogP contribution in [0.5, 0.6) is 0 Å². The largest absolute Gasteiger partial charge is 0.445 e.